The lowest BCUT2D eigenvalue weighted by Gasteiger charge is -2.20. The van der Waals surface area contributed by atoms with Gasteiger partial charge >= 0.3 is 68.3 Å². The molecule has 0 spiro atoms. The second-order valence-electron chi connectivity index (χ2n) is 27.3. The van der Waals surface area contributed by atoms with E-state index < -0.39 is 86.6 Å². The Morgan fingerprint density at radius 2 is 0.536 bits per heavy atom. The molecule has 4 aromatic heterocycles. The first-order chi connectivity index (χ1) is 54.1. The van der Waals surface area contributed by atoms with Gasteiger partial charge in [-0.3, -0.25) is 0 Å². The Morgan fingerprint density at radius 3 is 0.848 bits per heavy atom. The third-order valence-corrected chi connectivity index (χ3v) is 17.9. The predicted octanol–water partition coefficient (Wildman–Crippen LogP) is 2.89. The number of ether oxygens (including phenoxy) is 10. The van der Waals surface area contributed by atoms with E-state index in [1.54, 1.807) is 57.2 Å². The molecular weight excluding hydrogens is 1460 g/mol. The zero-order chi connectivity index (χ0) is 81.9. The average molecular weight is 1580 g/mol. The fraction of sp³-hybridized carbons (Fsp3) is 0.641. The van der Waals surface area contributed by atoms with Gasteiger partial charge in [-0.1, -0.05) is 48.6 Å². The van der Waals surface area contributed by atoms with Gasteiger partial charge in [0.2, 0.25) is 0 Å². The Kier molecular flexibility index (Phi) is 43.3. The third-order valence-electron chi connectivity index (χ3n) is 17.9. The second kappa shape index (κ2) is 51.7. The van der Waals surface area contributed by atoms with Crippen LogP contribution in [0.1, 0.15) is 117 Å². The van der Waals surface area contributed by atoms with Gasteiger partial charge in [-0.2, -0.15) is 0 Å². The highest BCUT2D eigenvalue weighted by Crippen LogP contribution is 2.17. The molecular formula is C78H120N12O22. The highest BCUT2D eigenvalue weighted by atomic mass is 16.6. The Bertz CT molecular complexity index is 4070. The van der Waals surface area contributed by atoms with E-state index >= 15 is 0 Å². The van der Waals surface area contributed by atoms with Crippen molar-refractivity contribution in [2.75, 3.05) is 85.9 Å². The maximum Gasteiger partial charge on any atom is 0.336 e. The van der Waals surface area contributed by atoms with Crippen LogP contribution in [0.25, 0.3) is 0 Å². The van der Waals surface area contributed by atoms with Gasteiger partial charge in [0.15, 0.2) is 0 Å². The topological polar surface area (TPSA) is 370 Å². The van der Waals surface area contributed by atoms with Gasteiger partial charge in [0.25, 0.3) is 0 Å². The van der Waals surface area contributed by atoms with Gasteiger partial charge in [-0.05, 0) is 117 Å². The first-order valence-corrected chi connectivity index (χ1v) is 38.8. The first-order valence-electron chi connectivity index (χ1n) is 38.8. The summed E-state index contributed by atoms with van der Waals surface area (Å²) in [6.45, 7) is 41.4. The van der Waals surface area contributed by atoms with Gasteiger partial charge in [0.05, 0.1) is 156 Å². The van der Waals surface area contributed by atoms with Crippen LogP contribution in [0.4, 0.5) is 0 Å². The van der Waals surface area contributed by atoms with Crippen molar-refractivity contribution >= 4 is 0 Å². The fourth-order valence-corrected chi connectivity index (χ4v) is 11.4. The van der Waals surface area contributed by atoms with Gasteiger partial charge < -0.3 is 47.4 Å². The van der Waals surface area contributed by atoms with Crippen LogP contribution in [0.2, 0.25) is 0 Å². The van der Waals surface area contributed by atoms with Crippen molar-refractivity contribution in [3.63, 3.8) is 0 Å². The van der Waals surface area contributed by atoms with Crippen molar-refractivity contribution in [3.05, 3.63) is 227 Å². The van der Waals surface area contributed by atoms with Crippen molar-refractivity contribution < 1.29 is 47.4 Å². The molecule has 0 radical (unpaired) electrons. The summed E-state index contributed by atoms with van der Waals surface area (Å²) in [6.07, 6.45) is 24.5. The van der Waals surface area contributed by atoms with Crippen molar-refractivity contribution in [1.29, 1.82) is 0 Å². The summed E-state index contributed by atoms with van der Waals surface area (Å²) in [4.78, 5) is 153. The molecule has 0 aliphatic carbocycles. The summed E-state index contributed by atoms with van der Waals surface area (Å²) < 4.78 is 66.4. The van der Waals surface area contributed by atoms with Crippen LogP contribution in [0, 0.1) is 0 Å². The molecule has 7 atom stereocenters. The van der Waals surface area contributed by atoms with E-state index in [1.807, 2.05) is 12.2 Å². The molecule has 8 heterocycles. The first kappa shape index (κ1) is 93.8. The minimum absolute atomic E-state index is 0.00116. The summed E-state index contributed by atoms with van der Waals surface area (Å²) in [5.41, 5.74) is -7.18. The molecule has 112 heavy (non-hydrogen) atoms. The highest BCUT2D eigenvalue weighted by Gasteiger charge is 2.28. The maximum absolute atomic E-state index is 13.0. The number of rotatable bonds is 57. The minimum atomic E-state index is -0.700. The van der Waals surface area contributed by atoms with Crippen molar-refractivity contribution in [2.24, 2.45) is 0 Å². The summed E-state index contributed by atoms with van der Waals surface area (Å²) in [6, 6.07) is 0. The van der Waals surface area contributed by atoms with Gasteiger partial charge in [0, 0.05) is 39.3 Å². The summed E-state index contributed by atoms with van der Waals surface area (Å²) in [5.74, 6) is 0. The maximum atomic E-state index is 13.0. The van der Waals surface area contributed by atoms with Crippen LogP contribution < -0.4 is 68.3 Å². The van der Waals surface area contributed by atoms with E-state index in [0.29, 0.717) is 117 Å². The molecule has 34 heteroatoms. The zero-order valence-electron chi connectivity index (χ0n) is 65.9. The SMILES string of the molecule is C=CCCCCn1c(=O)n(CCCCC=C)c(=O)n(CCCCC2CO2)c1=O.C=CCCCn1c(=O)n(CCCC=C)c(=O)n(CCCC2CO2)c1=O.C=CCOC(C)Cn1c(=O)n(CC(C)OCC=C)c(=O)n(CC(C)OCC2CO2)c1=O.C=CCOCCn1c(=O)n(CCOCC=C)c(=O)n(CCOCC2CO2)c1=O. The van der Waals surface area contributed by atoms with Crippen LogP contribution in [-0.4, -0.2) is 183 Å². The normalized spacial score (nSPS) is 16.4. The van der Waals surface area contributed by atoms with Crippen LogP contribution in [0.5, 0.6) is 0 Å². The van der Waals surface area contributed by atoms with Crippen LogP contribution in [-0.2, 0) is 126 Å². The zero-order valence-corrected chi connectivity index (χ0v) is 65.9. The van der Waals surface area contributed by atoms with E-state index in [2.05, 4.69) is 52.6 Å². The minimum Gasteiger partial charge on any atom is -0.377 e. The Hall–Kier alpha value is -8.84. The van der Waals surface area contributed by atoms with Crippen LogP contribution in [0.3, 0.4) is 0 Å². The fourth-order valence-electron chi connectivity index (χ4n) is 11.4. The smallest absolute Gasteiger partial charge is 0.336 e. The molecule has 34 nitrogen and oxygen atoms in total. The molecule has 0 bridgehead atoms. The molecule has 4 aliphatic heterocycles. The molecule has 4 saturated heterocycles. The summed E-state index contributed by atoms with van der Waals surface area (Å²) in [5, 5.41) is 0. The molecule has 8 rings (SSSR count). The number of epoxide rings is 4. The van der Waals surface area contributed by atoms with Gasteiger partial charge in [-0.25, -0.2) is 112 Å². The predicted molar refractivity (Wildman–Crippen MR) is 425 cm³/mol. The second-order valence-corrected chi connectivity index (χ2v) is 27.3. The number of allylic oxidation sites excluding steroid dienone is 4. The Balaban J connectivity index is 0.000000268. The monoisotopic (exact) mass is 1580 g/mol. The molecule has 624 valence electrons. The Labute approximate surface area is 650 Å². The molecule has 0 amide bonds. The van der Waals surface area contributed by atoms with Crippen molar-refractivity contribution in [2.45, 2.75) is 238 Å². The van der Waals surface area contributed by atoms with Crippen molar-refractivity contribution in [1.82, 2.24) is 54.8 Å². The quantitative estimate of drug-likeness (QED) is 0.0348. The van der Waals surface area contributed by atoms with E-state index in [-0.39, 0.29) is 104 Å². The number of unbranched alkanes of at least 4 members (excludes halogenated alkanes) is 7. The third kappa shape index (κ3) is 32.0. The van der Waals surface area contributed by atoms with E-state index in [0.717, 1.165) is 92.0 Å². The van der Waals surface area contributed by atoms with Crippen molar-refractivity contribution in [3.8, 4) is 0 Å². The lowest BCUT2D eigenvalue weighted by Crippen LogP contribution is -2.57. The van der Waals surface area contributed by atoms with E-state index in [4.69, 9.17) is 47.4 Å². The molecule has 7 unspecified atom stereocenters. The molecule has 0 aromatic carbocycles. The van der Waals surface area contributed by atoms with Gasteiger partial charge in [-0.15, -0.1) is 52.6 Å². The number of aromatic nitrogens is 12. The largest absolute Gasteiger partial charge is 0.377 e. The molecule has 0 saturated carbocycles. The average Bonchev–Trinajstić information content (AvgIpc) is 1.77. The number of hydrogen-bond donors (Lipinski definition) is 0. The number of nitrogens with zero attached hydrogens (tertiary/aromatic N) is 12. The molecule has 4 aliphatic rings. The van der Waals surface area contributed by atoms with Crippen LogP contribution >= 0.6 is 0 Å². The lowest BCUT2D eigenvalue weighted by molar-refractivity contribution is 0.0393. The molecule has 0 N–H and O–H groups in total. The lowest BCUT2D eigenvalue weighted by atomic mass is 10.2. The highest BCUT2D eigenvalue weighted by molar-refractivity contribution is 4.87. The summed E-state index contributed by atoms with van der Waals surface area (Å²) in [7, 11) is 0. The number of hydrogen-bond acceptors (Lipinski definition) is 22. The van der Waals surface area contributed by atoms with Crippen LogP contribution in [0.15, 0.2) is 159 Å². The molecule has 4 aromatic rings. The standard InChI is InChI=1S/C21H33N3O7.C21H33N3O4.C18H27N3O7.C18H27N3O4/c1-6-8-28-15(3)10-22-19(25)23(11-16(4)29-9-7-2)21(27)24(20(22)26)12-17(5)30-13-18-14-31-18;1-3-5-7-10-14-22-19(25)23(15-11-8-6-4-2)21(27)24(20(22)26)16-12-9-13-18-17-28-18;1-3-8-25-10-5-19-16(22)20(6-11-26-9-4-2)18(24)21(17(19)23)7-12-27-13-15-14-28-15;1-3-5-7-11-19-16(22)20(12-8-6-4-2)18(24)21(17(19)23)13-9-10-15-14-25-15/h6-7,15-18H,1-2,8-14H2,3-5H3;3-4,18H,1-2,5-17H2;3-4,15H,1-2,5-14H2;3-4,15H,1-2,5-14H2. The van der Waals surface area contributed by atoms with E-state index in [1.165, 1.54) is 27.4 Å². The van der Waals surface area contributed by atoms with Gasteiger partial charge in [0.1, 0.15) is 12.2 Å². The van der Waals surface area contributed by atoms with E-state index in [9.17, 15) is 57.5 Å². The molecule has 4 fully saturated rings. The Morgan fingerprint density at radius 1 is 0.286 bits per heavy atom. The summed E-state index contributed by atoms with van der Waals surface area (Å²) >= 11 is 0.